The molecule has 1 unspecified atom stereocenters. The van der Waals surface area contributed by atoms with Gasteiger partial charge in [0.2, 0.25) is 0 Å². The second-order valence-corrected chi connectivity index (χ2v) is 5.94. The fourth-order valence-electron chi connectivity index (χ4n) is 1.79. The largest absolute Gasteiger partial charge is 0.377 e. The van der Waals surface area contributed by atoms with E-state index in [9.17, 15) is 8.78 Å². The summed E-state index contributed by atoms with van der Waals surface area (Å²) in [5, 5.41) is 3.19. The molecule has 0 aliphatic rings. The van der Waals surface area contributed by atoms with Crippen LogP contribution >= 0.6 is 31.9 Å². The number of halogens is 4. The van der Waals surface area contributed by atoms with E-state index in [4.69, 9.17) is 5.73 Å². The molecule has 0 aliphatic heterocycles. The summed E-state index contributed by atoms with van der Waals surface area (Å²) in [6.45, 7) is 0.326. The Morgan fingerprint density at radius 3 is 2.15 bits per heavy atom. The summed E-state index contributed by atoms with van der Waals surface area (Å²) in [4.78, 5) is 0. The summed E-state index contributed by atoms with van der Waals surface area (Å²) in [6, 6.07) is 9.16. The first-order valence-corrected chi connectivity index (χ1v) is 7.46. The summed E-state index contributed by atoms with van der Waals surface area (Å²) >= 11 is 6.28. The van der Waals surface area contributed by atoms with Gasteiger partial charge in [0, 0.05) is 12.2 Å². The fraction of sp³-hybridized carbons (Fsp3) is 0.143. The number of anilines is 1. The average Bonchev–Trinajstić information content (AvgIpc) is 2.43. The van der Waals surface area contributed by atoms with Crippen molar-refractivity contribution in [3.05, 3.63) is 62.5 Å². The van der Waals surface area contributed by atoms with E-state index >= 15 is 0 Å². The topological polar surface area (TPSA) is 38.0 Å². The lowest BCUT2D eigenvalue weighted by Crippen LogP contribution is -2.20. The molecule has 6 heteroatoms. The van der Waals surface area contributed by atoms with Crippen LogP contribution in [0.5, 0.6) is 0 Å². The van der Waals surface area contributed by atoms with E-state index in [1.807, 2.05) is 0 Å². The summed E-state index contributed by atoms with van der Waals surface area (Å²) in [6.07, 6.45) is 0. The van der Waals surface area contributed by atoms with Crippen LogP contribution < -0.4 is 11.1 Å². The highest BCUT2D eigenvalue weighted by atomic mass is 79.9. The van der Waals surface area contributed by atoms with Crippen molar-refractivity contribution in [3.8, 4) is 0 Å². The van der Waals surface area contributed by atoms with E-state index in [2.05, 4.69) is 37.2 Å². The molecule has 0 amide bonds. The van der Waals surface area contributed by atoms with Crippen molar-refractivity contribution in [2.24, 2.45) is 5.73 Å². The van der Waals surface area contributed by atoms with Crippen molar-refractivity contribution < 1.29 is 8.78 Å². The van der Waals surface area contributed by atoms with Crippen LogP contribution in [0.3, 0.4) is 0 Å². The van der Waals surface area contributed by atoms with Gasteiger partial charge >= 0.3 is 0 Å². The van der Waals surface area contributed by atoms with E-state index < -0.39 is 0 Å². The highest BCUT2D eigenvalue weighted by molar-refractivity contribution is 9.10. The van der Waals surface area contributed by atoms with Gasteiger partial charge in [0.05, 0.1) is 15.0 Å². The third kappa shape index (κ3) is 3.56. The quantitative estimate of drug-likeness (QED) is 0.779. The Labute approximate surface area is 132 Å². The predicted octanol–water partition coefficient (Wildman–Crippen LogP) is 4.60. The minimum atomic E-state index is -0.329. The van der Waals surface area contributed by atoms with Crippen LogP contribution in [0.25, 0.3) is 0 Å². The van der Waals surface area contributed by atoms with Crippen molar-refractivity contribution in [1.29, 1.82) is 0 Å². The van der Waals surface area contributed by atoms with Crippen LogP contribution in [-0.4, -0.2) is 6.54 Å². The lowest BCUT2D eigenvalue weighted by Gasteiger charge is -2.19. The average molecular weight is 406 g/mol. The van der Waals surface area contributed by atoms with Crippen LogP contribution in [0.15, 0.2) is 45.3 Å². The van der Waals surface area contributed by atoms with E-state index in [-0.39, 0.29) is 17.7 Å². The molecule has 0 bridgehead atoms. The highest BCUT2D eigenvalue weighted by Crippen LogP contribution is 2.26. The molecule has 0 aromatic heterocycles. The normalized spacial score (nSPS) is 12.2. The molecule has 1 atom stereocenters. The van der Waals surface area contributed by atoms with Crippen molar-refractivity contribution in [2.45, 2.75) is 6.04 Å². The van der Waals surface area contributed by atoms with Crippen molar-refractivity contribution >= 4 is 37.5 Å². The van der Waals surface area contributed by atoms with Gasteiger partial charge in [-0.1, -0.05) is 6.07 Å². The van der Waals surface area contributed by atoms with Gasteiger partial charge < -0.3 is 11.1 Å². The maximum atomic E-state index is 13.2. The zero-order valence-corrected chi connectivity index (χ0v) is 13.5. The first-order chi connectivity index (χ1) is 9.51. The molecule has 0 saturated heterocycles. The molecule has 0 radical (unpaired) electrons. The first kappa shape index (κ1) is 15.4. The monoisotopic (exact) mass is 404 g/mol. The van der Waals surface area contributed by atoms with E-state index in [1.54, 1.807) is 24.3 Å². The molecule has 0 saturated carbocycles. The molecule has 0 aliphatic carbocycles. The Kier molecular flexibility index (Phi) is 5.12. The maximum absolute atomic E-state index is 13.2. The molecular weight excluding hydrogens is 394 g/mol. The number of nitrogens with one attached hydrogen (secondary N) is 1. The Hall–Kier alpha value is -0.980. The lowest BCUT2D eigenvalue weighted by atomic mass is 10.1. The van der Waals surface area contributed by atoms with E-state index in [0.717, 1.165) is 11.3 Å². The predicted molar refractivity (Wildman–Crippen MR) is 83.6 cm³/mol. The molecule has 0 fully saturated rings. The third-order valence-corrected chi connectivity index (χ3v) is 4.06. The van der Waals surface area contributed by atoms with Crippen LogP contribution in [0.2, 0.25) is 0 Å². The van der Waals surface area contributed by atoms with Gasteiger partial charge in [-0.3, -0.25) is 0 Å². The van der Waals surface area contributed by atoms with Crippen molar-refractivity contribution in [3.63, 3.8) is 0 Å². The molecule has 0 heterocycles. The summed E-state index contributed by atoms with van der Waals surface area (Å²) in [7, 11) is 0. The Balaban J connectivity index is 2.23. The fourth-order valence-corrected chi connectivity index (χ4v) is 2.57. The third-order valence-electron chi connectivity index (χ3n) is 2.84. The molecule has 2 aromatic carbocycles. The smallest absolute Gasteiger partial charge is 0.137 e. The highest BCUT2D eigenvalue weighted by Gasteiger charge is 2.12. The summed E-state index contributed by atoms with van der Waals surface area (Å²) in [5.74, 6) is -0.654. The second kappa shape index (κ2) is 6.65. The van der Waals surface area contributed by atoms with Crippen LogP contribution in [-0.2, 0) is 0 Å². The molecule has 0 spiro atoms. The van der Waals surface area contributed by atoms with Crippen molar-refractivity contribution in [2.75, 3.05) is 11.9 Å². The first-order valence-electron chi connectivity index (χ1n) is 5.88. The van der Waals surface area contributed by atoms with Gasteiger partial charge in [0.1, 0.15) is 11.6 Å². The number of hydrogen-bond donors (Lipinski definition) is 2. The second-order valence-electron chi connectivity index (χ2n) is 4.24. The number of nitrogens with two attached hydrogens (primary N) is 1. The SMILES string of the molecule is NCC(Nc1ccc(F)c(Br)c1)c1ccc(F)c(Br)c1. The molecule has 2 aromatic rings. The van der Waals surface area contributed by atoms with Gasteiger partial charge in [0.15, 0.2) is 0 Å². The molecule has 3 N–H and O–H groups in total. The summed E-state index contributed by atoms with van der Waals surface area (Å²) < 4.78 is 27.2. The Morgan fingerprint density at radius 1 is 1.00 bits per heavy atom. The number of benzene rings is 2. The zero-order chi connectivity index (χ0) is 14.7. The number of hydrogen-bond acceptors (Lipinski definition) is 2. The van der Waals surface area contributed by atoms with Crippen molar-refractivity contribution in [1.82, 2.24) is 0 Å². The van der Waals surface area contributed by atoms with Gasteiger partial charge in [-0.15, -0.1) is 0 Å². The Morgan fingerprint density at radius 2 is 1.60 bits per heavy atom. The van der Waals surface area contributed by atoms with Crippen LogP contribution in [0.4, 0.5) is 14.5 Å². The molecule has 2 nitrogen and oxygen atoms in total. The molecular formula is C14H12Br2F2N2. The minimum Gasteiger partial charge on any atom is -0.377 e. The van der Waals surface area contributed by atoms with Gasteiger partial charge in [-0.2, -0.15) is 0 Å². The standard InChI is InChI=1S/C14H12Br2F2N2/c15-10-5-8(1-3-12(10)17)14(7-19)20-9-2-4-13(18)11(16)6-9/h1-6,14,20H,7,19H2. The minimum absolute atomic E-state index is 0.190. The molecule has 20 heavy (non-hydrogen) atoms. The summed E-state index contributed by atoms with van der Waals surface area (Å²) in [5.41, 5.74) is 7.33. The van der Waals surface area contributed by atoms with E-state index in [1.165, 1.54) is 12.1 Å². The number of rotatable bonds is 4. The lowest BCUT2D eigenvalue weighted by molar-refractivity contribution is 0.618. The maximum Gasteiger partial charge on any atom is 0.137 e. The van der Waals surface area contributed by atoms with E-state index in [0.29, 0.717) is 15.5 Å². The van der Waals surface area contributed by atoms with Gasteiger partial charge in [-0.05, 0) is 67.8 Å². The molecule has 2 rings (SSSR count). The Bertz CT molecular complexity index is 620. The van der Waals surface area contributed by atoms with Crippen LogP contribution in [0, 0.1) is 11.6 Å². The van der Waals surface area contributed by atoms with Gasteiger partial charge in [0.25, 0.3) is 0 Å². The van der Waals surface area contributed by atoms with Crippen LogP contribution in [0.1, 0.15) is 11.6 Å². The molecule has 106 valence electrons. The van der Waals surface area contributed by atoms with Gasteiger partial charge in [-0.25, -0.2) is 8.78 Å². The zero-order valence-electron chi connectivity index (χ0n) is 10.3.